The van der Waals surface area contributed by atoms with Crippen molar-refractivity contribution in [3.8, 4) is 6.07 Å². The molecule has 0 atom stereocenters. The van der Waals surface area contributed by atoms with Crippen LogP contribution in [0.15, 0.2) is 41.1 Å². The maximum absolute atomic E-state index is 9.13. The van der Waals surface area contributed by atoms with Gasteiger partial charge in [0.25, 0.3) is 0 Å². The van der Waals surface area contributed by atoms with Gasteiger partial charge in [-0.2, -0.15) is 5.26 Å². The SMILES string of the molecule is N#Cc1ncccc1N(Cc1ccco1)C1CC1. The molecule has 90 valence electrons. The molecule has 0 N–H and O–H groups in total. The van der Waals surface area contributed by atoms with Gasteiger partial charge in [-0.15, -0.1) is 0 Å². The predicted molar refractivity (Wildman–Crippen MR) is 66.9 cm³/mol. The molecule has 0 unspecified atom stereocenters. The summed E-state index contributed by atoms with van der Waals surface area (Å²) in [5.41, 5.74) is 1.38. The van der Waals surface area contributed by atoms with Gasteiger partial charge in [0.05, 0.1) is 18.5 Å². The summed E-state index contributed by atoms with van der Waals surface area (Å²) in [5.74, 6) is 0.912. The van der Waals surface area contributed by atoms with Gasteiger partial charge in [0.2, 0.25) is 0 Å². The zero-order valence-electron chi connectivity index (χ0n) is 9.91. The van der Waals surface area contributed by atoms with Gasteiger partial charge in [0, 0.05) is 12.2 Å². The molecule has 1 fully saturated rings. The van der Waals surface area contributed by atoms with Crippen LogP contribution in [0.25, 0.3) is 0 Å². The van der Waals surface area contributed by atoms with Gasteiger partial charge in [-0.25, -0.2) is 4.98 Å². The molecule has 0 amide bonds. The monoisotopic (exact) mass is 239 g/mol. The first-order valence-electron chi connectivity index (χ1n) is 6.02. The fraction of sp³-hybridized carbons (Fsp3) is 0.286. The third-order valence-corrected chi connectivity index (χ3v) is 3.10. The lowest BCUT2D eigenvalue weighted by Gasteiger charge is -2.23. The van der Waals surface area contributed by atoms with Gasteiger partial charge in [-0.05, 0) is 37.1 Å². The summed E-state index contributed by atoms with van der Waals surface area (Å²) in [5, 5.41) is 9.13. The zero-order valence-corrected chi connectivity index (χ0v) is 9.91. The third kappa shape index (κ3) is 2.07. The molecule has 2 aromatic heterocycles. The summed E-state index contributed by atoms with van der Waals surface area (Å²) in [6, 6.07) is 10.3. The fourth-order valence-corrected chi connectivity index (χ4v) is 2.08. The minimum atomic E-state index is 0.482. The summed E-state index contributed by atoms with van der Waals surface area (Å²) >= 11 is 0. The molecule has 1 aliphatic rings. The lowest BCUT2D eigenvalue weighted by atomic mass is 10.2. The van der Waals surface area contributed by atoms with Crippen molar-refractivity contribution >= 4 is 5.69 Å². The van der Waals surface area contributed by atoms with E-state index in [2.05, 4.69) is 16.0 Å². The van der Waals surface area contributed by atoms with Gasteiger partial charge in [-0.1, -0.05) is 0 Å². The fourth-order valence-electron chi connectivity index (χ4n) is 2.08. The highest BCUT2D eigenvalue weighted by Crippen LogP contribution is 2.34. The van der Waals surface area contributed by atoms with Gasteiger partial charge in [0.15, 0.2) is 5.69 Å². The second-order valence-corrected chi connectivity index (χ2v) is 4.42. The number of aromatic nitrogens is 1. The van der Waals surface area contributed by atoms with E-state index in [9.17, 15) is 0 Å². The number of nitriles is 1. The molecule has 0 saturated heterocycles. The van der Waals surface area contributed by atoms with Crippen molar-refractivity contribution in [3.05, 3.63) is 48.2 Å². The quantitative estimate of drug-likeness (QED) is 0.823. The Bertz CT molecular complexity index is 567. The number of rotatable bonds is 4. The number of furan rings is 1. The van der Waals surface area contributed by atoms with E-state index in [4.69, 9.17) is 9.68 Å². The van der Waals surface area contributed by atoms with Crippen molar-refractivity contribution in [2.75, 3.05) is 4.90 Å². The van der Waals surface area contributed by atoms with Crippen LogP contribution in [-0.4, -0.2) is 11.0 Å². The smallest absolute Gasteiger partial charge is 0.163 e. The second-order valence-electron chi connectivity index (χ2n) is 4.42. The number of hydrogen-bond donors (Lipinski definition) is 0. The van der Waals surface area contributed by atoms with Gasteiger partial charge < -0.3 is 9.32 Å². The molecule has 4 heteroatoms. The first-order valence-corrected chi connectivity index (χ1v) is 6.02. The van der Waals surface area contributed by atoms with Crippen LogP contribution in [0.4, 0.5) is 5.69 Å². The predicted octanol–water partition coefficient (Wildman–Crippen LogP) is 2.72. The molecule has 0 bridgehead atoms. The van der Waals surface area contributed by atoms with Crippen LogP contribution in [-0.2, 0) is 6.54 Å². The van der Waals surface area contributed by atoms with Crippen molar-refractivity contribution in [3.63, 3.8) is 0 Å². The Labute approximate surface area is 105 Å². The Morgan fingerprint density at radius 1 is 1.39 bits per heavy atom. The summed E-state index contributed by atoms with van der Waals surface area (Å²) < 4.78 is 5.39. The number of hydrogen-bond acceptors (Lipinski definition) is 4. The van der Waals surface area contributed by atoms with E-state index in [0.717, 1.165) is 11.4 Å². The van der Waals surface area contributed by atoms with Crippen LogP contribution >= 0.6 is 0 Å². The van der Waals surface area contributed by atoms with Crippen LogP contribution in [0, 0.1) is 11.3 Å². The number of nitrogens with zero attached hydrogens (tertiary/aromatic N) is 3. The summed E-state index contributed by atoms with van der Waals surface area (Å²) in [6.45, 7) is 0.692. The summed E-state index contributed by atoms with van der Waals surface area (Å²) in [4.78, 5) is 6.34. The van der Waals surface area contributed by atoms with Crippen molar-refractivity contribution in [2.24, 2.45) is 0 Å². The highest BCUT2D eigenvalue weighted by atomic mass is 16.3. The van der Waals surface area contributed by atoms with Gasteiger partial charge in [-0.3, -0.25) is 0 Å². The normalized spacial score (nSPS) is 14.2. The zero-order chi connectivity index (χ0) is 12.4. The van der Waals surface area contributed by atoms with Crippen LogP contribution in [0.1, 0.15) is 24.3 Å². The molecule has 4 nitrogen and oxygen atoms in total. The molecule has 18 heavy (non-hydrogen) atoms. The minimum Gasteiger partial charge on any atom is -0.467 e. The Morgan fingerprint density at radius 2 is 2.28 bits per heavy atom. The topological polar surface area (TPSA) is 53.1 Å². The Hall–Kier alpha value is -2.28. The van der Waals surface area contributed by atoms with Gasteiger partial charge in [0.1, 0.15) is 11.8 Å². The third-order valence-electron chi connectivity index (χ3n) is 3.10. The van der Waals surface area contributed by atoms with E-state index in [0.29, 0.717) is 18.3 Å². The molecular weight excluding hydrogens is 226 g/mol. The second kappa shape index (κ2) is 4.53. The largest absolute Gasteiger partial charge is 0.467 e. The molecule has 0 radical (unpaired) electrons. The van der Waals surface area contributed by atoms with Crippen LogP contribution in [0.5, 0.6) is 0 Å². The molecule has 2 heterocycles. The standard InChI is InChI=1S/C14H13N3O/c15-9-13-14(4-1-7-16-13)17(11-5-6-11)10-12-3-2-8-18-12/h1-4,7-8,11H,5-6,10H2. The summed E-state index contributed by atoms with van der Waals surface area (Å²) in [6.07, 6.45) is 5.66. The van der Waals surface area contributed by atoms with Crippen LogP contribution in [0.3, 0.4) is 0 Å². The molecule has 1 saturated carbocycles. The lowest BCUT2D eigenvalue weighted by Crippen LogP contribution is -2.25. The van der Waals surface area contributed by atoms with Crippen molar-refractivity contribution in [1.29, 1.82) is 5.26 Å². The Morgan fingerprint density at radius 3 is 2.94 bits per heavy atom. The van der Waals surface area contributed by atoms with E-state index in [1.807, 2.05) is 24.3 Å². The molecule has 3 rings (SSSR count). The first-order chi connectivity index (χ1) is 8.88. The summed E-state index contributed by atoms with van der Waals surface area (Å²) in [7, 11) is 0. The first kappa shape index (κ1) is 10.8. The van der Waals surface area contributed by atoms with Crippen molar-refractivity contribution < 1.29 is 4.42 Å². The molecule has 2 aromatic rings. The van der Waals surface area contributed by atoms with E-state index in [1.54, 1.807) is 12.5 Å². The van der Waals surface area contributed by atoms with E-state index >= 15 is 0 Å². The molecule has 0 spiro atoms. The highest BCUT2D eigenvalue weighted by molar-refractivity contribution is 5.57. The number of pyridine rings is 1. The average Bonchev–Trinajstić information content (AvgIpc) is 3.13. The maximum Gasteiger partial charge on any atom is 0.163 e. The Balaban J connectivity index is 1.92. The van der Waals surface area contributed by atoms with Crippen molar-refractivity contribution in [2.45, 2.75) is 25.4 Å². The Kier molecular flexibility index (Phi) is 2.73. The lowest BCUT2D eigenvalue weighted by molar-refractivity contribution is 0.501. The molecule has 0 aliphatic heterocycles. The van der Waals surface area contributed by atoms with Crippen LogP contribution < -0.4 is 4.90 Å². The average molecular weight is 239 g/mol. The van der Waals surface area contributed by atoms with E-state index in [1.165, 1.54) is 12.8 Å². The minimum absolute atomic E-state index is 0.482. The van der Waals surface area contributed by atoms with E-state index in [-0.39, 0.29) is 0 Å². The van der Waals surface area contributed by atoms with Gasteiger partial charge >= 0.3 is 0 Å². The van der Waals surface area contributed by atoms with Crippen molar-refractivity contribution in [1.82, 2.24) is 4.98 Å². The number of anilines is 1. The maximum atomic E-state index is 9.13. The van der Waals surface area contributed by atoms with Crippen LogP contribution in [0.2, 0.25) is 0 Å². The molecule has 1 aliphatic carbocycles. The highest BCUT2D eigenvalue weighted by Gasteiger charge is 2.31. The molecular formula is C14H13N3O. The molecule has 0 aromatic carbocycles. The van der Waals surface area contributed by atoms with E-state index < -0.39 is 0 Å².